The topological polar surface area (TPSA) is 21.8 Å². The Labute approximate surface area is 93.5 Å². The molecule has 15 heavy (non-hydrogen) atoms. The smallest absolute Gasteiger partial charge is 0.112 e. The van der Waals surface area contributed by atoms with E-state index in [1.807, 2.05) is 7.05 Å². The minimum atomic E-state index is 0.383. The molecule has 0 unspecified atom stereocenters. The van der Waals surface area contributed by atoms with Crippen LogP contribution in [0.5, 0.6) is 0 Å². The van der Waals surface area contributed by atoms with Gasteiger partial charge >= 0.3 is 0 Å². The number of hydrogen-bond donors (Lipinski definition) is 1. The van der Waals surface area contributed by atoms with Crippen LogP contribution in [0.1, 0.15) is 13.3 Å². The van der Waals surface area contributed by atoms with E-state index >= 15 is 0 Å². The van der Waals surface area contributed by atoms with E-state index in [9.17, 15) is 0 Å². The molecule has 0 amide bonds. The van der Waals surface area contributed by atoms with Gasteiger partial charge < -0.3 is 4.90 Å². The molecular weight excluding hydrogens is 188 g/mol. The van der Waals surface area contributed by atoms with Gasteiger partial charge in [-0.15, -0.1) is 0 Å². The Kier molecular flexibility index (Phi) is 4.13. The van der Waals surface area contributed by atoms with Gasteiger partial charge in [-0.1, -0.05) is 5.57 Å². The second kappa shape index (κ2) is 4.96. The second-order valence-electron chi connectivity index (χ2n) is 4.72. The number of nitrogens with zero attached hydrogens (tertiary/aromatic N) is 3. The van der Waals surface area contributed by atoms with Crippen molar-refractivity contribution in [1.82, 2.24) is 20.2 Å². The van der Waals surface area contributed by atoms with Gasteiger partial charge in [-0.05, 0) is 41.5 Å². The molecular formula is C11H24N4. The van der Waals surface area contributed by atoms with Crippen LogP contribution in [0, 0.1) is 0 Å². The van der Waals surface area contributed by atoms with Gasteiger partial charge in [0.1, 0.15) is 6.17 Å². The summed E-state index contributed by atoms with van der Waals surface area (Å²) in [6, 6.07) is 0.525. The Morgan fingerprint density at radius 2 is 1.87 bits per heavy atom. The quantitative estimate of drug-likeness (QED) is 0.737. The van der Waals surface area contributed by atoms with Crippen LogP contribution in [0.3, 0.4) is 0 Å². The highest BCUT2D eigenvalue weighted by atomic mass is 15.6. The maximum absolute atomic E-state index is 3.24. The fourth-order valence-corrected chi connectivity index (χ4v) is 2.23. The monoisotopic (exact) mass is 212 g/mol. The van der Waals surface area contributed by atoms with Crippen LogP contribution < -0.4 is 5.43 Å². The standard InChI is InChI=1S/C11H24N4/c1-9-7-10(13(3)4)11(14(5)6)15(8-9)12-2/h8,10-12H,7H2,1-6H3/t10-,11-/m1/s1. The predicted octanol–water partition coefficient (Wildman–Crippen LogP) is 0.548. The minimum absolute atomic E-state index is 0.383. The van der Waals surface area contributed by atoms with E-state index in [1.54, 1.807) is 0 Å². The molecule has 1 aliphatic heterocycles. The first-order valence-corrected chi connectivity index (χ1v) is 5.43. The van der Waals surface area contributed by atoms with Gasteiger partial charge in [0, 0.05) is 19.3 Å². The molecule has 1 rings (SSSR count). The molecule has 0 aromatic rings. The van der Waals surface area contributed by atoms with Crippen molar-refractivity contribution in [2.45, 2.75) is 25.6 Å². The van der Waals surface area contributed by atoms with Crippen LogP contribution in [0.15, 0.2) is 11.8 Å². The molecule has 4 nitrogen and oxygen atoms in total. The third kappa shape index (κ3) is 2.71. The minimum Gasteiger partial charge on any atom is -0.303 e. The summed E-state index contributed by atoms with van der Waals surface area (Å²) in [5.74, 6) is 0. The maximum atomic E-state index is 3.24. The number of hydrazine groups is 1. The summed E-state index contributed by atoms with van der Waals surface area (Å²) in [4.78, 5) is 4.55. The Hall–Kier alpha value is -0.580. The Morgan fingerprint density at radius 3 is 2.27 bits per heavy atom. The summed E-state index contributed by atoms with van der Waals surface area (Å²) < 4.78 is 0. The van der Waals surface area contributed by atoms with Gasteiger partial charge in [0.25, 0.3) is 0 Å². The number of likely N-dealkylation sites (N-methyl/N-ethyl adjacent to an activating group) is 2. The highest BCUT2D eigenvalue weighted by molar-refractivity contribution is 5.08. The number of hydrogen-bond acceptors (Lipinski definition) is 4. The van der Waals surface area contributed by atoms with E-state index < -0.39 is 0 Å². The molecule has 0 aromatic heterocycles. The molecule has 1 N–H and O–H groups in total. The van der Waals surface area contributed by atoms with Crippen molar-refractivity contribution < 1.29 is 0 Å². The summed E-state index contributed by atoms with van der Waals surface area (Å²) in [5, 5.41) is 2.18. The van der Waals surface area contributed by atoms with Gasteiger partial charge in [0.05, 0.1) is 0 Å². The van der Waals surface area contributed by atoms with Gasteiger partial charge in [-0.3, -0.25) is 9.91 Å². The van der Waals surface area contributed by atoms with Crippen molar-refractivity contribution in [2.75, 3.05) is 35.2 Å². The zero-order valence-electron chi connectivity index (χ0n) is 10.8. The molecule has 88 valence electrons. The van der Waals surface area contributed by atoms with Crippen LogP contribution in [-0.4, -0.2) is 62.3 Å². The van der Waals surface area contributed by atoms with Gasteiger partial charge in [-0.2, -0.15) is 0 Å². The Bertz CT molecular complexity index is 235. The number of rotatable bonds is 3. The zero-order valence-corrected chi connectivity index (χ0v) is 10.8. The van der Waals surface area contributed by atoms with Crippen molar-refractivity contribution in [1.29, 1.82) is 0 Å². The summed E-state index contributed by atoms with van der Waals surface area (Å²) >= 11 is 0. The average molecular weight is 212 g/mol. The zero-order chi connectivity index (χ0) is 11.6. The van der Waals surface area contributed by atoms with Gasteiger partial charge in [0.2, 0.25) is 0 Å². The third-order valence-corrected chi connectivity index (χ3v) is 2.97. The molecule has 0 aliphatic carbocycles. The highest BCUT2D eigenvalue weighted by Gasteiger charge is 2.32. The summed E-state index contributed by atoms with van der Waals surface area (Å²) in [5.41, 5.74) is 4.66. The summed E-state index contributed by atoms with van der Waals surface area (Å²) in [7, 11) is 10.5. The summed E-state index contributed by atoms with van der Waals surface area (Å²) in [6.07, 6.45) is 3.72. The van der Waals surface area contributed by atoms with Crippen LogP contribution in [0.4, 0.5) is 0 Å². The molecule has 0 saturated carbocycles. The van der Waals surface area contributed by atoms with Crippen molar-refractivity contribution >= 4 is 0 Å². The van der Waals surface area contributed by atoms with Crippen molar-refractivity contribution in [2.24, 2.45) is 0 Å². The molecule has 2 atom stereocenters. The molecule has 4 heteroatoms. The largest absolute Gasteiger partial charge is 0.303 e. The lowest BCUT2D eigenvalue weighted by atomic mass is 10.00. The lowest BCUT2D eigenvalue weighted by molar-refractivity contribution is 0.00947. The molecule has 0 spiro atoms. The molecule has 0 aromatic carbocycles. The van der Waals surface area contributed by atoms with Crippen LogP contribution in [0.25, 0.3) is 0 Å². The average Bonchev–Trinajstić information content (AvgIpc) is 2.15. The first-order chi connectivity index (χ1) is 6.97. The van der Waals surface area contributed by atoms with E-state index in [1.165, 1.54) is 5.57 Å². The predicted molar refractivity (Wildman–Crippen MR) is 64.2 cm³/mol. The molecule has 0 saturated heterocycles. The van der Waals surface area contributed by atoms with Crippen LogP contribution in [0.2, 0.25) is 0 Å². The SMILES string of the molecule is CNN1C=C(C)C[C@@H](N(C)C)[C@@H]1N(C)C. The van der Waals surface area contributed by atoms with Crippen LogP contribution in [-0.2, 0) is 0 Å². The normalized spacial score (nSPS) is 27.5. The Balaban J connectivity index is 2.92. The van der Waals surface area contributed by atoms with Crippen molar-refractivity contribution in [3.8, 4) is 0 Å². The fourth-order valence-electron chi connectivity index (χ4n) is 2.23. The molecule has 1 aliphatic rings. The Morgan fingerprint density at radius 1 is 1.27 bits per heavy atom. The number of nitrogens with one attached hydrogen (secondary N) is 1. The second-order valence-corrected chi connectivity index (χ2v) is 4.72. The first kappa shape index (κ1) is 12.5. The lowest BCUT2D eigenvalue weighted by Crippen LogP contribution is -2.60. The van der Waals surface area contributed by atoms with E-state index in [-0.39, 0.29) is 0 Å². The van der Waals surface area contributed by atoms with Crippen molar-refractivity contribution in [3.05, 3.63) is 11.8 Å². The molecule has 0 radical (unpaired) electrons. The molecule has 0 bridgehead atoms. The third-order valence-electron chi connectivity index (χ3n) is 2.97. The van der Waals surface area contributed by atoms with E-state index in [4.69, 9.17) is 0 Å². The summed E-state index contributed by atoms with van der Waals surface area (Å²) in [6.45, 7) is 2.19. The van der Waals surface area contributed by atoms with Gasteiger partial charge in [-0.25, -0.2) is 5.43 Å². The van der Waals surface area contributed by atoms with Crippen molar-refractivity contribution in [3.63, 3.8) is 0 Å². The highest BCUT2D eigenvalue weighted by Crippen LogP contribution is 2.23. The van der Waals surface area contributed by atoms with Crippen LogP contribution >= 0.6 is 0 Å². The molecule has 1 heterocycles. The van der Waals surface area contributed by atoms with E-state index in [2.05, 4.69) is 61.5 Å². The lowest BCUT2D eigenvalue weighted by Gasteiger charge is -2.45. The first-order valence-electron chi connectivity index (χ1n) is 5.43. The molecule has 0 fully saturated rings. The van der Waals surface area contributed by atoms with E-state index in [0.717, 1.165) is 6.42 Å². The van der Waals surface area contributed by atoms with Gasteiger partial charge in [0.15, 0.2) is 0 Å². The fraction of sp³-hybridized carbons (Fsp3) is 0.818. The maximum Gasteiger partial charge on any atom is 0.112 e. The van der Waals surface area contributed by atoms with E-state index in [0.29, 0.717) is 12.2 Å².